The average Bonchev–Trinajstić information content (AvgIpc) is 3.07. The molecule has 1 aromatic carbocycles. The molecule has 22 heavy (non-hydrogen) atoms. The first-order chi connectivity index (χ1) is 10.5. The predicted octanol–water partition coefficient (Wildman–Crippen LogP) is 1.61. The fourth-order valence-electron chi connectivity index (χ4n) is 2.88. The van der Waals surface area contributed by atoms with Gasteiger partial charge in [-0.3, -0.25) is 0 Å². The standard InChI is InChI=1S/C16H22FN5/c1-20(2)11-16-19-6-8-22(16)13-3-4-15(14(17)9-13)21-7-5-12(18)10-21/h3-4,6,8-9,12H,5,7,10-11,18H2,1-2H3/t12-/m0/s1. The Morgan fingerprint density at radius 1 is 1.41 bits per heavy atom. The quantitative estimate of drug-likeness (QED) is 0.932. The molecule has 0 spiro atoms. The molecule has 2 aromatic rings. The van der Waals surface area contributed by atoms with Crippen molar-refractivity contribution in [1.82, 2.24) is 14.5 Å². The summed E-state index contributed by atoms with van der Waals surface area (Å²) in [6.07, 6.45) is 4.51. The van der Waals surface area contributed by atoms with E-state index in [1.165, 1.54) is 0 Å². The molecule has 118 valence electrons. The summed E-state index contributed by atoms with van der Waals surface area (Å²) in [5, 5.41) is 0. The number of anilines is 1. The number of nitrogens with two attached hydrogens (primary N) is 1. The van der Waals surface area contributed by atoms with E-state index in [2.05, 4.69) is 4.98 Å². The van der Waals surface area contributed by atoms with E-state index in [9.17, 15) is 4.39 Å². The van der Waals surface area contributed by atoms with Crippen LogP contribution in [0.2, 0.25) is 0 Å². The number of benzene rings is 1. The number of hydrogen-bond acceptors (Lipinski definition) is 4. The van der Waals surface area contributed by atoms with Gasteiger partial charge in [0.2, 0.25) is 0 Å². The van der Waals surface area contributed by atoms with Crippen molar-refractivity contribution in [2.24, 2.45) is 5.73 Å². The molecule has 0 amide bonds. The highest BCUT2D eigenvalue weighted by Gasteiger charge is 2.22. The zero-order valence-electron chi connectivity index (χ0n) is 13.0. The second-order valence-electron chi connectivity index (χ2n) is 6.08. The molecule has 0 aliphatic carbocycles. The lowest BCUT2D eigenvalue weighted by Gasteiger charge is -2.20. The minimum atomic E-state index is -0.212. The Morgan fingerprint density at radius 2 is 2.23 bits per heavy atom. The van der Waals surface area contributed by atoms with E-state index >= 15 is 0 Å². The summed E-state index contributed by atoms with van der Waals surface area (Å²) in [4.78, 5) is 8.39. The zero-order chi connectivity index (χ0) is 15.7. The molecule has 1 aliphatic heterocycles. The molecule has 1 atom stereocenters. The van der Waals surface area contributed by atoms with Gasteiger partial charge in [0.1, 0.15) is 11.6 Å². The lowest BCUT2D eigenvalue weighted by atomic mass is 10.2. The Balaban J connectivity index is 1.87. The number of hydrogen-bond donors (Lipinski definition) is 1. The molecule has 1 saturated heterocycles. The number of halogens is 1. The summed E-state index contributed by atoms with van der Waals surface area (Å²) in [7, 11) is 3.97. The van der Waals surface area contributed by atoms with Crippen molar-refractivity contribution >= 4 is 5.69 Å². The van der Waals surface area contributed by atoms with Gasteiger partial charge in [0, 0.05) is 43.3 Å². The minimum absolute atomic E-state index is 0.138. The maximum absolute atomic E-state index is 14.5. The van der Waals surface area contributed by atoms with Gasteiger partial charge in [-0.1, -0.05) is 0 Å². The van der Waals surface area contributed by atoms with E-state index in [0.29, 0.717) is 18.8 Å². The molecule has 0 radical (unpaired) electrons. The van der Waals surface area contributed by atoms with Gasteiger partial charge in [-0.05, 0) is 32.6 Å². The monoisotopic (exact) mass is 303 g/mol. The average molecular weight is 303 g/mol. The summed E-state index contributed by atoms with van der Waals surface area (Å²) < 4.78 is 16.4. The fraction of sp³-hybridized carbons (Fsp3) is 0.438. The maximum atomic E-state index is 14.5. The van der Waals surface area contributed by atoms with Gasteiger partial charge in [0.05, 0.1) is 12.2 Å². The number of imidazole rings is 1. The van der Waals surface area contributed by atoms with Crippen LogP contribution in [0, 0.1) is 5.82 Å². The van der Waals surface area contributed by atoms with Crippen molar-refractivity contribution in [2.45, 2.75) is 19.0 Å². The Kier molecular flexibility index (Phi) is 4.13. The van der Waals surface area contributed by atoms with Crippen LogP contribution >= 0.6 is 0 Å². The summed E-state index contributed by atoms with van der Waals surface area (Å²) in [5.74, 6) is 0.677. The molecule has 0 bridgehead atoms. The van der Waals surface area contributed by atoms with Crippen LogP contribution in [0.4, 0.5) is 10.1 Å². The Bertz CT molecular complexity index is 652. The van der Waals surface area contributed by atoms with Crippen LogP contribution in [0.5, 0.6) is 0 Å². The van der Waals surface area contributed by atoms with Crippen molar-refractivity contribution in [3.63, 3.8) is 0 Å². The van der Waals surface area contributed by atoms with Crippen molar-refractivity contribution in [2.75, 3.05) is 32.1 Å². The van der Waals surface area contributed by atoms with Crippen molar-refractivity contribution in [3.8, 4) is 5.69 Å². The van der Waals surface area contributed by atoms with Crippen molar-refractivity contribution in [1.29, 1.82) is 0 Å². The molecule has 5 nitrogen and oxygen atoms in total. The van der Waals surface area contributed by atoms with Crippen molar-refractivity contribution < 1.29 is 4.39 Å². The molecule has 1 fully saturated rings. The van der Waals surface area contributed by atoms with E-state index in [-0.39, 0.29) is 11.9 Å². The van der Waals surface area contributed by atoms with Crippen LogP contribution in [-0.2, 0) is 6.54 Å². The van der Waals surface area contributed by atoms with E-state index in [4.69, 9.17) is 5.73 Å². The second kappa shape index (κ2) is 6.06. The molecule has 0 unspecified atom stereocenters. The highest BCUT2D eigenvalue weighted by Crippen LogP contribution is 2.26. The van der Waals surface area contributed by atoms with Crippen molar-refractivity contribution in [3.05, 3.63) is 42.2 Å². The predicted molar refractivity (Wildman–Crippen MR) is 85.7 cm³/mol. The van der Waals surface area contributed by atoms with Gasteiger partial charge >= 0.3 is 0 Å². The minimum Gasteiger partial charge on any atom is -0.368 e. The summed E-state index contributed by atoms with van der Waals surface area (Å²) in [6, 6.07) is 5.48. The third kappa shape index (κ3) is 2.98. The van der Waals surface area contributed by atoms with Crippen LogP contribution in [0.1, 0.15) is 12.2 Å². The van der Waals surface area contributed by atoms with Gasteiger partial charge in [-0.15, -0.1) is 0 Å². The smallest absolute Gasteiger partial charge is 0.148 e. The van der Waals surface area contributed by atoms with Gasteiger partial charge in [-0.25, -0.2) is 9.37 Å². The van der Waals surface area contributed by atoms with Crippen LogP contribution in [0.15, 0.2) is 30.6 Å². The topological polar surface area (TPSA) is 50.3 Å². The van der Waals surface area contributed by atoms with Gasteiger partial charge in [-0.2, -0.15) is 0 Å². The number of rotatable bonds is 4. The van der Waals surface area contributed by atoms with E-state index in [0.717, 1.165) is 24.5 Å². The lowest BCUT2D eigenvalue weighted by molar-refractivity contribution is 0.388. The SMILES string of the molecule is CN(C)Cc1nccn1-c1ccc(N2CC[C@H](N)C2)c(F)c1. The lowest BCUT2D eigenvalue weighted by Crippen LogP contribution is -2.26. The number of aromatic nitrogens is 2. The Morgan fingerprint density at radius 3 is 2.86 bits per heavy atom. The van der Waals surface area contributed by atoms with E-state index in [1.807, 2.05) is 46.8 Å². The highest BCUT2D eigenvalue weighted by atomic mass is 19.1. The summed E-state index contributed by atoms with van der Waals surface area (Å²) in [6.45, 7) is 2.24. The number of nitrogens with zero attached hydrogens (tertiary/aromatic N) is 4. The second-order valence-corrected chi connectivity index (χ2v) is 6.08. The van der Waals surface area contributed by atoms with E-state index < -0.39 is 0 Å². The Labute approximate surface area is 130 Å². The highest BCUT2D eigenvalue weighted by molar-refractivity contribution is 5.53. The zero-order valence-corrected chi connectivity index (χ0v) is 13.0. The van der Waals surface area contributed by atoms with Gasteiger partial charge in [0.25, 0.3) is 0 Å². The fourth-order valence-corrected chi connectivity index (χ4v) is 2.88. The molecular weight excluding hydrogens is 281 g/mol. The summed E-state index contributed by atoms with van der Waals surface area (Å²) >= 11 is 0. The molecule has 1 aliphatic rings. The molecule has 0 saturated carbocycles. The van der Waals surface area contributed by atoms with Crippen LogP contribution in [0.25, 0.3) is 5.69 Å². The Hall–Kier alpha value is -1.92. The molecule has 2 N–H and O–H groups in total. The maximum Gasteiger partial charge on any atom is 0.148 e. The molecule has 2 heterocycles. The molecule has 6 heteroatoms. The third-order valence-electron chi connectivity index (χ3n) is 3.95. The molecule has 3 rings (SSSR count). The first-order valence-corrected chi connectivity index (χ1v) is 7.52. The first kappa shape index (κ1) is 15.0. The third-order valence-corrected chi connectivity index (χ3v) is 3.95. The largest absolute Gasteiger partial charge is 0.368 e. The molecular formula is C16H22FN5. The summed E-state index contributed by atoms with van der Waals surface area (Å²) in [5.41, 5.74) is 7.33. The van der Waals surface area contributed by atoms with Crippen LogP contribution in [-0.4, -0.2) is 47.7 Å². The van der Waals surface area contributed by atoms with Crippen LogP contribution in [0.3, 0.4) is 0 Å². The first-order valence-electron chi connectivity index (χ1n) is 7.52. The van der Waals surface area contributed by atoms with Crippen LogP contribution < -0.4 is 10.6 Å². The van der Waals surface area contributed by atoms with Gasteiger partial charge in [0.15, 0.2) is 0 Å². The normalized spacial score (nSPS) is 18.4. The van der Waals surface area contributed by atoms with Gasteiger partial charge < -0.3 is 20.1 Å². The molecule has 1 aromatic heterocycles. The van der Waals surface area contributed by atoms with E-state index in [1.54, 1.807) is 12.3 Å².